The fourth-order valence-electron chi connectivity index (χ4n) is 1.35. The number of sulfone groups is 1. The normalized spacial score (nSPS) is 13.3. The van der Waals surface area contributed by atoms with Crippen LogP contribution >= 0.6 is 15.9 Å². The van der Waals surface area contributed by atoms with Crippen LogP contribution < -0.4 is 0 Å². The van der Waals surface area contributed by atoms with Crippen molar-refractivity contribution < 1.29 is 17.9 Å². The summed E-state index contributed by atoms with van der Waals surface area (Å²) in [5.74, 6) is -0.742. The number of aromatic nitrogens is 1. The fraction of sp³-hybridized carbons (Fsp3) is 0.500. The number of nitrogens with zero attached hydrogens (tertiary/aromatic N) is 1. The van der Waals surface area contributed by atoms with Crippen LogP contribution in [0.2, 0.25) is 0 Å². The lowest BCUT2D eigenvalue weighted by Gasteiger charge is -2.14. The maximum absolute atomic E-state index is 11.8. The molecule has 1 aromatic heterocycles. The lowest BCUT2D eigenvalue weighted by atomic mass is 10.3. The molecule has 5 nitrogen and oxygen atoms in total. The van der Waals surface area contributed by atoms with E-state index < -0.39 is 26.3 Å². The molecule has 7 heteroatoms. The van der Waals surface area contributed by atoms with Crippen molar-refractivity contribution in [3.8, 4) is 0 Å². The van der Waals surface area contributed by atoms with E-state index in [-0.39, 0.29) is 6.61 Å². The van der Waals surface area contributed by atoms with Crippen molar-refractivity contribution in [3.63, 3.8) is 0 Å². The zero-order valence-corrected chi connectivity index (χ0v) is 13.4. The van der Waals surface area contributed by atoms with E-state index in [4.69, 9.17) is 4.74 Å². The Morgan fingerprint density at radius 2 is 2.00 bits per heavy atom. The minimum atomic E-state index is -3.49. The van der Waals surface area contributed by atoms with Gasteiger partial charge in [0.15, 0.2) is 15.1 Å². The van der Waals surface area contributed by atoms with Crippen molar-refractivity contribution in [1.82, 2.24) is 4.98 Å². The first kappa shape index (κ1) is 16.1. The van der Waals surface area contributed by atoms with Crippen LogP contribution in [0.1, 0.15) is 26.3 Å². The highest BCUT2D eigenvalue weighted by Gasteiger charge is 2.31. The summed E-state index contributed by atoms with van der Waals surface area (Å²) in [6.45, 7) is 4.43. The third-order valence-corrected chi connectivity index (χ3v) is 5.55. The second-order valence-electron chi connectivity index (χ2n) is 4.40. The largest absolute Gasteiger partial charge is 0.460 e. The van der Waals surface area contributed by atoms with E-state index in [9.17, 15) is 13.2 Å². The molecule has 1 heterocycles. The molecule has 1 aromatic rings. The molecule has 0 aromatic carbocycles. The molecule has 19 heavy (non-hydrogen) atoms. The van der Waals surface area contributed by atoms with Crippen molar-refractivity contribution in [2.75, 3.05) is 0 Å². The van der Waals surface area contributed by atoms with Gasteiger partial charge in [-0.15, -0.1) is 0 Å². The van der Waals surface area contributed by atoms with E-state index >= 15 is 0 Å². The highest BCUT2D eigenvalue weighted by Crippen LogP contribution is 2.13. The first-order valence-corrected chi connectivity index (χ1v) is 8.14. The van der Waals surface area contributed by atoms with E-state index in [0.717, 1.165) is 4.47 Å². The van der Waals surface area contributed by atoms with Crippen molar-refractivity contribution in [2.24, 2.45) is 0 Å². The van der Waals surface area contributed by atoms with Gasteiger partial charge in [-0.25, -0.2) is 8.42 Å². The van der Waals surface area contributed by atoms with Crippen molar-refractivity contribution >= 4 is 31.7 Å². The number of hydrogen-bond donors (Lipinski definition) is 0. The highest BCUT2D eigenvalue weighted by atomic mass is 79.9. The second kappa shape index (κ2) is 6.47. The number of halogens is 1. The molecule has 1 rings (SSSR count). The lowest BCUT2D eigenvalue weighted by molar-refractivity contribution is -0.144. The molecule has 0 radical (unpaired) electrons. The molecule has 106 valence electrons. The number of hydrogen-bond acceptors (Lipinski definition) is 5. The van der Waals surface area contributed by atoms with Crippen molar-refractivity contribution in [3.05, 3.63) is 28.5 Å². The summed E-state index contributed by atoms with van der Waals surface area (Å²) >= 11 is 3.25. The molecule has 0 saturated carbocycles. The molecule has 0 unspecified atom stereocenters. The Labute approximate surface area is 121 Å². The summed E-state index contributed by atoms with van der Waals surface area (Å²) in [6.07, 6.45) is 3.16. The van der Waals surface area contributed by atoms with Crippen LogP contribution in [-0.4, -0.2) is 29.9 Å². The average Bonchev–Trinajstić information content (AvgIpc) is 2.34. The molecular weight excluding hydrogens is 334 g/mol. The van der Waals surface area contributed by atoms with Gasteiger partial charge in [-0.2, -0.15) is 0 Å². The number of rotatable bonds is 5. The number of pyridine rings is 1. The monoisotopic (exact) mass is 349 g/mol. The van der Waals surface area contributed by atoms with Gasteiger partial charge in [-0.1, -0.05) is 0 Å². The topological polar surface area (TPSA) is 73.3 Å². The molecular formula is C12H16BrNO4S. The molecule has 1 atom stereocenters. The quantitative estimate of drug-likeness (QED) is 0.761. The Morgan fingerprint density at radius 1 is 1.37 bits per heavy atom. The summed E-state index contributed by atoms with van der Waals surface area (Å²) in [4.78, 5) is 15.6. The molecule has 0 amide bonds. The summed E-state index contributed by atoms with van der Waals surface area (Å²) in [7, 11) is -3.49. The van der Waals surface area contributed by atoms with E-state index in [1.165, 1.54) is 20.8 Å². The number of carbonyl (C=O) groups excluding carboxylic acids is 1. The van der Waals surface area contributed by atoms with Gasteiger partial charge in [0.25, 0.3) is 0 Å². The predicted molar refractivity (Wildman–Crippen MR) is 75.3 cm³/mol. The first-order chi connectivity index (χ1) is 8.75. The minimum Gasteiger partial charge on any atom is -0.460 e. The lowest BCUT2D eigenvalue weighted by Crippen LogP contribution is -2.34. The summed E-state index contributed by atoms with van der Waals surface area (Å²) in [5, 5.41) is -1.77. The zero-order valence-electron chi connectivity index (χ0n) is 11.0. The second-order valence-corrected chi connectivity index (χ2v) is 8.14. The smallest absolute Gasteiger partial charge is 0.324 e. The van der Waals surface area contributed by atoms with Crippen LogP contribution in [0.25, 0.3) is 0 Å². The van der Waals surface area contributed by atoms with E-state index in [1.54, 1.807) is 18.5 Å². The van der Waals surface area contributed by atoms with E-state index in [2.05, 4.69) is 20.9 Å². The van der Waals surface area contributed by atoms with Crippen LogP contribution in [0.3, 0.4) is 0 Å². The third kappa shape index (κ3) is 4.28. The van der Waals surface area contributed by atoms with Gasteiger partial charge in [0.2, 0.25) is 0 Å². The van der Waals surface area contributed by atoms with E-state index in [1.807, 2.05) is 0 Å². The number of ether oxygens (including phenoxy) is 1. The van der Waals surface area contributed by atoms with Crippen LogP contribution in [0, 0.1) is 0 Å². The Bertz CT molecular complexity index is 557. The SMILES string of the molecule is CC(C)S(=O)(=O)[C@H](C)C(=O)OCc1cncc(Br)c1. The van der Waals surface area contributed by atoms with Gasteiger partial charge in [0.05, 0.1) is 5.25 Å². The van der Waals surface area contributed by atoms with Gasteiger partial charge < -0.3 is 4.74 Å². The van der Waals surface area contributed by atoms with Gasteiger partial charge in [0.1, 0.15) is 6.61 Å². The van der Waals surface area contributed by atoms with Crippen LogP contribution in [0.4, 0.5) is 0 Å². The Balaban J connectivity index is 2.66. The Kier molecular flexibility index (Phi) is 5.49. The fourth-order valence-corrected chi connectivity index (χ4v) is 2.91. The predicted octanol–water partition coefficient (Wildman–Crippen LogP) is 2.10. The molecule has 0 saturated heterocycles. The van der Waals surface area contributed by atoms with Crippen LogP contribution in [0.15, 0.2) is 22.9 Å². The van der Waals surface area contributed by atoms with E-state index in [0.29, 0.717) is 5.56 Å². The zero-order chi connectivity index (χ0) is 14.6. The Morgan fingerprint density at radius 3 is 2.53 bits per heavy atom. The average molecular weight is 350 g/mol. The maximum Gasteiger partial charge on any atom is 0.324 e. The van der Waals surface area contributed by atoms with Gasteiger partial charge >= 0.3 is 5.97 Å². The standard InChI is InChI=1S/C12H16BrNO4S/c1-8(2)19(16,17)9(3)12(15)18-7-10-4-11(13)6-14-5-10/h4-6,8-9H,7H2,1-3H3/t9-/m1/s1. The van der Waals surface area contributed by atoms with Crippen molar-refractivity contribution in [1.29, 1.82) is 0 Å². The van der Waals surface area contributed by atoms with Crippen LogP contribution in [-0.2, 0) is 26.0 Å². The third-order valence-electron chi connectivity index (χ3n) is 2.62. The van der Waals surface area contributed by atoms with Gasteiger partial charge in [-0.3, -0.25) is 9.78 Å². The van der Waals surface area contributed by atoms with Crippen LogP contribution in [0.5, 0.6) is 0 Å². The summed E-state index contributed by atoms with van der Waals surface area (Å²) < 4.78 is 29.4. The Hall–Kier alpha value is -0.950. The molecule has 0 aliphatic heterocycles. The molecule has 0 aliphatic carbocycles. The van der Waals surface area contributed by atoms with Gasteiger partial charge in [0, 0.05) is 22.4 Å². The highest BCUT2D eigenvalue weighted by molar-refractivity contribution is 9.10. The minimum absolute atomic E-state index is 0.00320. The number of esters is 1. The summed E-state index contributed by atoms with van der Waals surface area (Å²) in [6, 6.07) is 1.75. The molecule has 0 spiro atoms. The molecule has 0 bridgehead atoms. The molecule has 0 aliphatic rings. The van der Waals surface area contributed by atoms with Gasteiger partial charge in [-0.05, 0) is 42.8 Å². The molecule has 0 N–H and O–H groups in total. The molecule has 0 fully saturated rings. The summed E-state index contributed by atoms with van der Waals surface area (Å²) in [5.41, 5.74) is 0.692. The maximum atomic E-state index is 11.8. The van der Waals surface area contributed by atoms with Crippen molar-refractivity contribution in [2.45, 2.75) is 37.9 Å². The number of carbonyl (C=O) groups is 1. The first-order valence-electron chi connectivity index (χ1n) is 5.74.